The molecule has 0 saturated carbocycles. The highest BCUT2D eigenvalue weighted by Crippen LogP contribution is 2.06. The molecule has 0 fully saturated rings. The highest BCUT2D eigenvalue weighted by molar-refractivity contribution is 5.71. The molecule has 112 valence electrons. The molecule has 0 aliphatic rings. The summed E-state index contributed by atoms with van der Waals surface area (Å²) in [4.78, 5) is 13.8. The van der Waals surface area contributed by atoms with Crippen LogP contribution in [0.3, 0.4) is 0 Å². The van der Waals surface area contributed by atoms with E-state index in [2.05, 4.69) is 17.0 Å². The van der Waals surface area contributed by atoms with Crippen molar-refractivity contribution in [1.29, 1.82) is 0 Å². The summed E-state index contributed by atoms with van der Waals surface area (Å²) in [6.07, 6.45) is 2.02. The Balaban J connectivity index is 2.47. The minimum atomic E-state index is -0.157. The molecule has 0 heterocycles. The maximum atomic E-state index is 11.6. The van der Waals surface area contributed by atoms with Crippen molar-refractivity contribution in [2.24, 2.45) is 0 Å². The van der Waals surface area contributed by atoms with Crippen molar-refractivity contribution < 1.29 is 14.3 Å². The van der Waals surface area contributed by atoms with Gasteiger partial charge in [-0.15, -0.1) is 0 Å². The molecule has 0 atom stereocenters. The summed E-state index contributed by atoms with van der Waals surface area (Å²) in [7, 11) is 1.71. The Bertz CT molecular complexity index is 367. The second kappa shape index (κ2) is 10.4. The van der Waals surface area contributed by atoms with Gasteiger partial charge in [-0.2, -0.15) is 0 Å². The van der Waals surface area contributed by atoms with Crippen molar-refractivity contribution in [1.82, 2.24) is 4.90 Å². The quantitative estimate of drug-likeness (QED) is 0.487. The van der Waals surface area contributed by atoms with E-state index in [1.54, 1.807) is 7.11 Å². The van der Waals surface area contributed by atoms with Crippen LogP contribution in [0.1, 0.15) is 25.3 Å². The summed E-state index contributed by atoms with van der Waals surface area (Å²) < 4.78 is 10.1. The third-order valence-electron chi connectivity index (χ3n) is 2.98. The van der Waals surface area contributed by atoms with Crippen LogP contribution in [0.5, 0.6) is 0 Å². The normalized spacial score (nSPS) is 10.8. The number of ether oxygens (including phenoxy) is 2. The second-order valence-corrected chi connectivity index (χ2v) is 4.70. The van der Waals surface area contributed by atoms with Crippen LogP contribution in [0.4, 0.5) is 0 Å². The van der Waals surface area contributed by atoms with Crippen LogP contribution in [-0.2, 0) is 20.8 Å². The van der Waals surface area contributed by atoms with E-state index in [-0.39, 0.29) is 5.97 Å². The largest absolute Gasteiger partial charge is 0.465 e. The van der Waals surface area contributed by atoms with Gasteiger partial charge in [0.15, 0.2) is 0 Å². The summed E-state index contributed by atoms with van der Waals surface area (Å²) in [5.74, 6) is -0.157. The van der Waals surface area contributed by atoms with E-state index in [4.69, 9.17) is 9.47 Å². The number of esters is 1. The fourth-order valence-corrected chi connectivity index (χ4v) is 2.03. The van der Waals surface area contributed by atoms with Crippen molar-refractivity contribution in [3.8, 4) is 0 Å². The fourth-order valence-electron chi connectivity index (χ4n) is 2.03. The molecule has 1 aromatic rings. The van der Waals surface area contributed by atoms with Gasteiger partial charge in [0.1, 0.15) is 0 Å². The van der Waals surface area contributed by atoms with Crippen molar-refractivity contribution >= 4 is 5.97 Å². The standard InChI is InChI=1S/C16H25NO3/c1-3-20-16(18)14-17(11-7-8-12-19-2)13-15-9-5-4-6-10-15/h4-6,9-10H,3,7-8,11-14H2,1-2H3. The van der Waals surface area contributed by atoms with Crippen LogP contribution in [0, 0.1) is 0 Å². The molecule has 0 aliphatic carbocycles. The first kappa shape index (κ1) is 16.7. The van der Waals surface area contributed by atoms with Gasteiger partial charge in [-0.3, -0.25) is 9.69 Å². The van der Waals surface area contributed by atoms with Crippen LogP contribution in [0.2, 0.25) is 0 Å². The van der Waals surface area contributed by atoms with Gasteiger partial charge >= 0.3 is 5.97 Å². The zero-order chi connectivity index (χ0) is 14.6. The van der Waals surface area contributed by atoms with Gasteiger partial charge in [0.25, 0.3) is 0 Å². The van der Waals surface area contributed by atoms with Gasteiger partial charge in [-0.1, -0.05) is 30.3 Å². The number of nitrogens with zero attached hydrogens (tertiary/aromatic N) is 1. The Kier molecular flexibility index (Phi) is 8.67. The summed E-state index contributed by atoms with van der Waals surface area (Å²) in [5, 5.41) is 0. The van der Waals surface area contributed by atoms with Crippen LogP contribution in [0.15, 0.2) is 30.3 Å². The smallest absolute Gasteiger partial charge is 0.320 e. The lowest BCUT2D eigenvalue weighted by Gasteiger charge is -2.21. The maximum Gasteiger partial charge on any atom is 0.320 e. The van der Waals surface area contributed by atoms with Crippen LogP contribution < -0.4 is 0 Å². The number of hydrogen-bond donors (Lipinski definition) is 0. The number of rotatable bonds is 10. The molecule has 0 aromatic heterocycles. The number of methoxy groups -OCH3 is 1. The number of carbonyl (C=O) groups is 1. The minimum absolute atomic E-state index is 0.157. The van der Waals surface area contributed by atoms with E-state index >= 15 is 0 Å². The lowest BCUT2D eigenvalue weighted by Crippen LogP contribution is -2.31. The van der Waals surface area contributed by atoms with Crippen LogP contribution >= 0.6 is 0 Å². The zero-order valence-electron chi connectivity index (χ0n) is 12.5. The van der Waals surface area contributed by atoms with E-state index in [1.807, 2.05) is 25.1 Å². The van der Waals surface area contributed by atoms with Gasteiger partial charge in [-0.25, -0.2) is 0 Å². The molecule has 1 aromatic carbocycles. The first-order valence-corrected chi connectivity index (χ1v) is 7.17. The van der Waals surface area contributed by atoms with Gasteiger partial charge in [-0.05, 0) is 31.9 Å². The second-order valence-electron chi connectivity index (χ2n) is 4.70. The van der Waals surface area contributed by atoms with E-state index in [0.29, 0.717) is 13.2 Å². The first-order chi connectivity index (χ1) is 9.76. The minimum Gasteiger partial charge on any atom is -0.465 e. The molecule has 20 heavy (non-hydrogen) atoms. The Hall–Kier alpha value is -1.39. The maximum absolute atomic E-state index is 11.6. The van der Waals surface area contributed by atoms with Crippen molar-refractivity contribution in [2.75, 3.05) is 33.4 Å². The molecule has 0 radical (unpaired) electrons. The Morgan fingerprint density at radius 3 is 2.60 bits per heavy atom. The van der Waals surface area contributed by atoms with Gasteiger partial charge in [0.2, 0.25) is 0 Å². The molecule has 0 saturated heterocycles. The zero-order valence-corrected chi connectivity index (χ0v) is 12.5. The predicted octanol–water partition coefficient (Wildman–Crippen LogP) is 2.48. The molecule has 0 unspecified atom stereocenters. The van der Waals surface area contributed by atoms with E-state index < -0.39 is 0 Å². The van der Waals surface area contributed by atoms with E-state index in [1.165, 1.54) is 5.56 Å². The number of unbranched alkanes of at least 4 members (excludes halogenated alkanes) is 1. The van der Waals surface area contributed by atoms with Crippen molar-refractivity contribution in [3.05, 3.63) is 35.9 Å². The molecule has 0 amide bonds. The predicted molar refractivity (Wildman–Crippen MR) is 79.5 cm³/mol. The summed E-state index contributed by atoms with van der Waals surface area (Å²) >= 11 is 0. The Labute approximate surface area is 121 Å². The molecular formula is C16H25NO3. The lowest BCUT2D eigenvalue weighted by molar-refractivity contribution is -0.144. The van der Waals surface area contributed by atoms with Gasteiger partial charge < -0.3 is 9.47 Å². The average molecular weight is 279 g/mol. The van der Waals surface area contributed by atoms with Crippen LogP contribution in [0.25, 0.3) is 0 Å². The third kappa shape index (κ3) is 7.26. The average Bonchev–Trinajstić information content (AvgIpc) is 2.45. The van der Waals surface area contributed by atoms with Gasteiger partial charge in [0.05, 0.1) is 13.2 Å². The highest BCUT2D eigenvalue weighted by Gasteiger charge is 2.11. The molecule has 4 heteroatoms. The topological polar surface area (TPSA) is 38.8 Å². The molecule has 0 N–H and O–H groups in total. The van der Waals surface area contributed by atoms with Crippen LogP contribution in [-0.4, -0.2) is 44.3 Å². The summed E-state index contributed by atoms with van der Waals surface area (Å²) in [6.45, 7) is 5.01. The highest BCUT2D eigenvalue weighted by atomic mass is 16.5. The Morgan fingerprint density at radius 1 is 1.20 bits per heavy atom. The molecule has 1 rings (SSSR count). The van der Waals surface area contributed by atoms with Gasteiger partial charge in [0, 0.05) is 20.3 Å². The third-order valence-corrected chi connectivity index (χ3v) is 2.98. The lowest BCUT2D eigenvalue weighted by atomic mass is 10.2. The number of hydrogen-bond acceptors (Lipinski definition) is 4. The summed E-state index contributed by atoms with van der Waals surface area (Å²) in [5.41, 5.74) is 1.21. The first-order valence-electron chi connectivity index (χ1n) is 7.17. The van der Waals surface area contributed by atoms with E-state index in [0.717, 1.165) is 32.5 Å². The molecule has 4 nitrogen and oxygen atoms in total. The van der Waals surface area contributed by atoms with E-state index in [9.17, 15) is 4.79 Å². The molecule has 0 spiro atoms. The van der Waals surface area contributed by atoms with Crippen molar-refractivity contribution in [3.63, 3.8) is 0 Å². The number of carbonyl (C=O) groups excluding carboxylic acids is 1. The molecule has 0 aliphatic heterocycles. The SMILES string of the molecule is CCOC(=O)CN(CCCCOC)Cc1ccccc1. The summed E-state index contributed by atoms with van der Waals surface area (Å²) in [6, 6.07) is 10.2. The van der Waals surface area contributed by atoms with Crippen molar-refractivity contribution in [2.45, 2.75) is 26.3 Å². The monoisotopic (exact) mass is 279 g/mol. The fraction of sp³-hybridized carbons (Fsp3) is 0.562. The molecule has 0 bridgehead atoms. The number of benzene rings is 1. The Morgan fingerprint density at radius 2 is 1.95 bits per heavy atom. The molecular weight excluding hydrogens is 254 g/mol.